The van der Waals surface area contributed by atoms with Crippen molar-refractivity contribution in [3.63, 3.8) is 0 Å². The van der Waals surface area contributed by atoms with Gasteiger partial charge in [0, 0.05) is 6.42 Å². The molecule has 0 fully saturated rings. The van der Waals surface area contributed by atoms with Crippen molar-refractivity contribution in [1.82, 2.24) is 14.8 Å². The molecular formula is C7H10N4O. The lowest BCUT2D eigenvalue weighted by molar-refractivity contribution is -0.122. The third-order valence-electron chi connectivity index (χ3n) is 2.15. The number of fused-ring (bicyclic) bond motifs is 1. The molecule has 0 spiro atoms. The molecule has 0 radical (unpaired) electrons. The molecule has 2 rings (SSSR count). The Morgan fingerprint density at radius 1 is 1.75 bits per heavy atom. The van der Waals surface area contributed by atoms with Gasteiger partial charge in [0.05, 0.1) is 0 Å². The molecule has 0 bridgehead atoms. The molecule has 0 aliphatic carbocycles. The first kappa shape index (κ1) is 7.27. The average molecular weight is 166 g/mol. The summed E-state index contributed by atoms with van der Waals surface area (Å²) >= 11 is 0. The van der Waals surface area contributed by atoms with Crippen molar-refractivity contribution in [2.24, 2.45) is 5.73 Å². The normalized spacial score (nSPS) is 21.8. The third kappa shape index (κ3) is 0.975. The van der Waals surface area contributed by atoms with Gasteiger partial charge in [-0.25, -0.2) is 9.67 Å². The van der Waals surface area contributed by atoms with Crippen LogP contribution in [0.2, 0.25) is 0 Å². The van der Waals surface area contributed by atoms with E-state index in [2.05, 4.69) is 10.1 Å². The second-order valence-electron chi connectivity index (χ2n) is 2.93. The predicted octanol–water partition coefficient (Wildman–Crippen LogP) is -0.359. The number of nitrogens with two attached hydrogens (primary N) is 1. The molecule has 64 valence electrons. The second-order valence-corrected chi connectivity index (χ2v) is 2.93. The molecule has 1 aromatic rings. The van der Waals surface area contributed by atoms with Gasteiger partial charge in [-0.05, 0) is 12.8 Å². The number of amides is 1. The smallest absolute Gasteiger partial charge is 0.242 e. The van der Waals surface area contributed by atoms with Gasteiger partial charge in [0.2, 0.25) is 5.91 Å². The Hall–Kier alpha value is -1.39. The summed E-state index contributed by atoms with van der Waals surface area (Å²) in [6.07, 6.45) is 4.11. The SMILES string of the molecule is NC(=O)C1CCCc2ncnn21. The van der Waals surface area contributed by atoms with Gasteiger partial charge in [0.15, 0.2) is 0 Å². The van der Waals surface area contributed by atoms with Crippen molar-refractivity contribution in [2.75, 3.05) is 0 Å². The van der Waals surface area contributed by atoms with Gasteiger partial charge in [-0.15, -0.1) is 0 Å². The highest BCUT2D eigenvalue weighted by Crippen LogP contribution is 2.21. The summed E-state index contributed by atoms with van der Waals surface area (Å²) in [6, 6.07) is -0.281. The number of hydrogen-bond donors (Lipinski definition) is 1. The van der Waals surface area contributed by atoms with Crippen LogP contribution < -0.4 is 5.73 Å². The summed E-state index contributed by atoms with van der Waals surface area (Å²) in [6.45, 7) is 0. The van der Waals surface area contributed by atoms with E-state index in [4.69, 9.17) is 5.73 Å². The Balaban J connectivity index is 2.37. The van der Waals surface area contributed by atoms with Crippen molar-refractivity contribution >= 4 is 5.91 Å². The van der Waals surface area contributed by atoms with Gasteiger partial charge in [-0.1, -0.05) is 0 Å². The summed E-state index contributed by atoms with van der Waals surface area (Å²) in [7, 11) is 0. The third-order valence-corrected chi connectivity index (χ3v) is 2.15. The zero-order valence-corrected chi connectivity index (χ0v) is 6.60. The molecule has 1 aromatic heterocycles. The van der Waals surface area contributed by atoms with E-state index in [-0.39, 0.29) is 11.9 Å². The number of hydrogen-bond acceptors (Lipinski definition) is 3. The average Bonchev–Trinajstić information content (AvgIpc) is 2.49. The number of primary amides is 1. The fourth-order valence-electron chi connectivity index (χ4n) is 1.55. The van der Waals surface area contributed by atoms with Gasteiger partial charge < -0.3 is 5.73 Å². The number of nitrogens with zero attached hydrogens (tertiary/aromatic N) is 3. The van der Waals surface area contributed by atoms with E-state index in [0.717, 1.165) is 25.1 Å². The van der Waals surface area contributed by atoms with Crippen molar-refractivity contribution in [3.05, 3.63) is 12.2 Å². The van der Waals surface area contributed by atoms with E-state index in [1.54, 1.807) is 4.68 Å². The topological polar surface area (TPSA) is 73.8 Å². The van der Waals surface area contributed by atoms with Crippen LogP contribution in [0.15, 0.2) is 6.33 Å². The van der Waals surface area contributed by atoms with Crippen molar-refractivity contribution in [3.8, 4) is 0 Å². The molecule has 0 aromatic carbocycles. The number of carbonyl (C=O) groups is 1. The number of rotatable bonds is 1. The molecule has 12 heavy (non-hydrogen) atoms. The molecule has 1 unspecified atom stereocenters. The Labute approximate surface area is 69.6 Å². The summed E-state index contributed by atoms with van der Waals surface area (Å²) in [5.41, 5.74) is 5.21. The molecule has 1 atom stereocenters. The highest BCUT2D eigenvalue weighted by atomic mass is 16.1. The van der Waals surface area contributed by atoms with Crippen LogP contribution in [-0.4, -0.2) is 20.7 Å². The number of aromatic nitrogens is 3. The van der Waals surface area contributed by atoms with Crippen LogP contribution in [0, 0.1) is 0 Å². The van der Waals surface area contributed by atoms with Crippen LogP contribution in [-0.2, 0) is 11.2 Å². The molecule has 1 aliphatic heterocycles. The summed E-state index contributed by atoms with van der Waals surface area (Å²) in [5.74, 6) is 0.548. The molecule has 5 heteroatoms. The molecule has 1 aliphatic rings. The molecule has 5 nitrogen and oxygen atoms in total. The first-order chi connectivity index (χ1) is 5.79. The fraction of sp³-hybridized carbons (Fsp3) is 0.571. The van der Waals surface area contributed by atoms with Crippen LogP contribution in [0.25, 0.3) is 0 Å². The van der Waals surface area contributed by atoms with E-state index < -0.39 is 0 Å². The highest BCUT2D eigenvalue weighted by molar-refractivity contribution is 5.78. The van der Waals surface area contributed by atoms with Gasteiger partial charge in [0.25, 0.3) is 0 Å². The summed E-state index contributed by atoms with van der Waals surface area (Å²) in [5, 5.41) is 3.96. The zero-order chi connectivity index (χ0) is 8.55. The molecule has 1 amide bonds. The minimum Gasteiger partial charge on any atom is -0.368 e. The number of carbonyl (C=O) groups excluding carboxylic acids is 1. The van der Waals surface area contributed by atoms with Crippen LogP contribution in [0.4, 0.5) is 0 Å². The first-order valence-electron chi connectivity index (χ1n) is 3.97. The van der Waals surface area contributed by atoms with Gasteiger partial charge in [-0.2, -0.15) is 5.10 Å². The highest BCUT2D eigenvalue weighted by Gasteiger charge is 2.24. The molecule has 2 heterocycles. The van der Waals surface area contributed by atoms with Crippen LogP contribution >= 0.6 is 0 Å². The molecule has 2 N–H and O–H groups in total. The fourth-order valence-corrected chi connectivity index (χ4v) is 1.55. The summed E-state index contributed by atoms with van der Waals surface area (Å²) in [4.78, 5) is 15.0. The molecule has 0 saturated heterocycles. The Kier molecular flexibility index (Phi) is 1.56. The Morgan fingerprint density at radius 2 is 2.58 bits per heavy atom. The largest absolute Gasteiger partial charge is 0.368 e. The lowest BCUT2D eigenvalue weighted by Gasteiger charge is -2.19. The minimum absolute atomic E-state index is 0.281. The molecular weight excluding hydrogens is 156 g/mol. The van der Waals surface area contributed by atoms with E-state index in [1.165, 1.54) is 6.33 Å². The van der Waals surface area contributed by atoms with E-state index in [9.17, 15) is 4.79 Å². The predicted molar refractivity (Wildman–Crippen MR) is 41.2 cm³/mol. The van der Waals surface area contributed by atoms with Gasteiger partial charge >= 0.3 is 0 Å². The second kappa shape index (κ2) is 2.58. The van der Waals surface area contributed by atoms with Crippen molar-refractivity contribution in [2.45, 2.75) is 25.3 Å². The van der Waals surface area contributed by atoms with Crippen molar-refractivity contribution < 1.29 is 4.79 Å². The monoisotopic (exact) mass is 166 g/mol. The van der Waals surface area contributed by atoms with Crippen LogP contribution in [0.1, 0.15) is 24.7 Å². The van der Waals surface area contributed by atoms with Crippen molar-refractivity contribution in [1.29, 1.82) is 0 Å². The van der Waals surface area contributed by atoms with Gasteiger partial charge in [-0.3, -0.25) is 4.79 Å². The summed E-state index contributed by atoms with van der Waals surface area (Å²) < 4.78 is 1.63. The maximum Gasteiger partial charge on any atom is 0.242 e. The standard InChI is InChI=1S/C7H10N4O/c8-7(12)5-2-1-3-6-9-4-10-11(5)6/h4-5H,1-3H2,(H2,8,12). The maximum absolute atomic E-state index is 10.9. The maximum atomic E-state index is 10.9. The Bertz CT molecular complexity index is 306. The van der Waals surface area contributed by atoms with Crippen LogP contribution in [0.5, 0.6) is 0 Å². The lowest BCUT2D eigenvalue weighted by atomic mass is 10.1. The Morgan fingerprint density at radius 3 is 3.33 bits per heavy atom. The first-order valence-corrected chi connectivity index (χ1v) is 3.97. The van der Waals surface area contributed by atoms with E-state index >= 15 is 0 Å². The quantitative estimate of drug-likeness (QED) is 0.619. The van der Waals surface area contributed by atoms with E-state index in [0.29, 0.717) is 0 Å². The van der Waals surface area contributed by atoms with E-state index in [1.807, 2.05) is 0 Å². The lowest BCUT2D eigenvalue weighted by Crippen LogP contribution is -2.31. The van der Waals surface area contributed by atoms with Gasteiger partial charge in [0.1, 0.15) is 18.2 Å². The number of aryl methyl sites for hydroxylation is 1. The van der Waals surface area contributed by atoms with Crippen LogP contribution in [0.3, 0.4) is 0 Å². The zero-order valence-electron chi connectivity index (χ0n) is 6.60. The molecule has 0 saturated carbocycles. The minimum atomic E-state index is -0.318.